The molecule has 6 nitrogen and oxygen atoms in total. The third kappa shape index (κ3) is 6.33. The lowest BCUT2D eigenvalue weighted by Gasteiger charge is -2.18. The number of aliphatic carboxylic acids is 1. The molecule has 1 unspecified atom stereocenters. The fourth-order valence-corrected chi connectivity index (χ4v) is 2.64. The van der Waals surface area contributed by atoms with E-state index >= 15 is 0 Å². The Labute approximate surface area is 159 Å². The molecule has 2 aromatic rings. The van der Waals surface area contributed by atoms with Crippen LogP contribution in [0.1, 0.15) is 36.2 Å². The molecule has 0 spiro atoms. The van der Waals surface area contributed by atoms with Crippen molar-refractivity contribution in [2.24, 2.45) is 0 Å². The van der Waals surface area contributed by atoms with Gasteiger partial charge in [-0.3, -0.25) is 4.79 Å². The van der Waals surface area contributed by atoms with Crippen molar-refractivity contribution in [2.45, 2.75) is 32.7 Å². The fourth-order valence-electron chi connectivity index (χ4n) is 2.64. The maximum atomic E-state index is 12.6. The molecular formula is C21H25NO5. The normalized spacial score (nSPS) is 11.5. The van der Waals surface area contributed by atoms with Crippen LogP contribution in [0.25, 0.3) is 0 Å². The number of hydrogen-bond acceptors (Lipinski definition) is 4. The van der Waals surface area contributed by atoms with E-state index in [9.17, 15) is 9.59 Å². The lowest BCUT2D eigenvalue weighted by atomic mass is 10.0. The largest absolute Gasteiger partial charge is 0.490 e. The third-order valence-corrected chi connectivity index (χ3v) is 4.01. The number of amides is 1. The van der Waals surface area contributed by atoms with E-state index in [1.165, 1.54) is 0 Å². The highest BCUT2D eigenvalue weighted by Crippen LogP contribution is 2.28. The molecule has 1 amide bonds. The number of carboxylic acid groups (broad SMARTS) is 1. The third-order valence-electron chi connectivity index (χ3n) is 4.01. The van der Waals surface area contributed by atoms with E-state index in [4.69, 9.17) is 14.6 Å². The van der Waals surface area contributed by atoms with Crippen LogP contribution in [0.2, 0.25) is 0 Å². The van der Waals surface area contributed by atoms with Crippen LogP contribution in [-0.2, 0) is 11.2 Å². The van der Waals surface area contributed by atoms with Gasteiger partial charge in [-0.05, 0) is 43.5 Å². The lowest BCUT2D eigenvalue weighted by Crippen LogP contribution is -2.36. The molecule has 6 heteroatoms. The molecule has 0 aliphatic carbocycles. The zero-order valence-electron chi connectivity index (χ0n) is 15.6. The smallest absolute Gasteiger partial charge is 0.341 e. The molecule has 2 aromatic carbocycles. The van der Waals surface area contributed by atoms with E-state index in [1.807, 2.05) is 37.3 Å². The Bertz CT molecular complexity index is 760. The summed E-state index contributed by atoms with van der Waals surface area (Å²) in [6.45, 7) is 3.74. The summed E-state index contributed by atoms with van der Waals surface area (Å²) in [6.07, 6.45) is 1.56. The van der Waals surface area contributed by atoms with Crippen LogP contribution in [0.3, 0.4) is 0 Å². The van der Waals surface area contributed by atoms with Crippen molar-refractivity contribution >= 4 is 11.9 Å². The lowest BCUT2D eigenvalue weighted by molar-refractivity contribution is -0.139. The number of carbonyl (C=O) groups excluding carboxylic acids is 1. The summed E-state index contributed by atoms with van der Waals surface area (Å²) in [6, 6.07) is 14.7. The first-order chi connectivity index (χ1) is 13.0. The Balaban J connectivity index is 2.09. The number of ether oxygens (including phenoxy) is 2. The second-order valence-corrected chi connectivity index (χ2v) is 6.05. The molecule has 0 aromatic heterocycles. The Hall–Kier alpha value is -3.02. The van der Waals surface area contributed by atoms with E-state index < -0.39 is 12.6 Å². The van der Waals surface area contributed by atoms with Crippen molar-refractivity contribution < 1.29 is 24.2 Å². The maximum absolute atomic E-state index is 12.6. The van der Waals surface area contributed by atoms with Crippen LogP contribution in [0.5, 0.6) is 11.5 Å². The summed E-state index contributed by atoms with van der Waals surface area (Å²) in [4.78, 5) is 23.3. The van der Waals surface area contributed by atoms with Gasteiger partial charge in [0.15, 0.2) is 18.1 Å². The van der Waals surface area contributed by atoms with E-state index in [-0.39, 0.29) is 11.9 Å². The van der Waals surface area contributed by atoms with Gasteiger partial charge < -0.3 is 19.9 Å². The minimum atomic E-state index is -1.08. The quantitative estimate of drug-likeness (QED) is 0.669. The molecule has 0 saturated heterocycles. The van der Waals surface area contributed by atoms with Gasteiger partial charge in [0.05, 0.1) is 6.61 Å². The predicted molar refractivity (Wildman–Crippen MR) is 102 cm³/mol. The molecule has 0 bridgehead atoms. The molecule has 0 heterocycles. The second-order valence-electron chi connectivity index (χ2n) is 6.05. The van der Waals surface area contributed by atoms with E-state index in [1.54, 1.807) is 25.1 Å². The number of carbonyl (C=O) groups is 2. The molecule has 144 valence electrons. The minimum Gasteiger partial charge on any atom is -0.490 e. The summed E-state index contributed by atoms with van der Waals surface area (Å²) >= 11 is 0. The molecule has 2 rings (SSSR count). The Morgan fingerprint density at radius 1 is 1.04 bits per heavy atom. The molecule has 2 N–H and O–H groups in total. The van der Waals surface area contributed by atoms with Crippen LogP contribution in [-0.4, -0.2) is 36.2 Å². The molecule has 0 fully saturated rings. The maximum Gasteiger partial charge on any atom is 0.341 e. The predicted octanol–water partition coefficient (Wildman–Crippen LogP) is 3.30. The number of nitrogens with one attached hydrogen (secondary N) is 1. The summed E-state index contributed by atoms with van der Waals surface area (Å²) in [5.41, 5.74) is 1.60. The first-order valence-electron chi connectivity index (χ1n) is 8.99. The average molecular weight is 371 g/mol. The van der Waals surface area contributed by atoms with Crippen molar-refractivity contribution in [3.05, 3.63) is 59.7 Å². The van der Waals surface area contributed by atoms with Crippen LogP contribution in [0.15, 0.2) is 48.5 Å². The first kappa shape index (κ1) is 20.3. The monoisotopic (exact) mass is 371 g/mol. The van der Waals surface area contributed by atoms with Crippen LogP contribution in [0.4, 0.5) is 0 Å². The SMILES string of the molecule is CCOc1cc(C(=O)NC(CC)Cc2ccccc2)ccc1OCC(=O)O. The summed E-state index contributed by atoms with van der Waals surface area (Å²) < 4.78 is 10.7. The van der Waals surface area contributed by atoms with Gasteiger partial charge in [0.2, 0.25) is 0 Å². The average Bonchev–Trinajstić information content (AvgIpc) is 2.67. The zero-order chi connectivity index (χ0) is 19.6. The molecular weight excluding hydrogens is 346 g/mol. The minimum absolute atomic E-state index is 0.0124. The van der Waals surface area contributed by atoms with Gasteiger partial charge in [0.25, 0.3) is 5.91 Å². The number of hydrogen-bond donors (Lipinski definition) is 2. The Morgan fingerprint density at radius 2 is 1.78 bits per heavy atom. The highest BCUT2D eigenvalue weighted by atomic mass is 16.5. The topological polar surface area (TPSA) is 84.9 Å². The fraction of sp³-hybridized carbons (Fsp3) is 0.333. The summed E-state index contributed by atoms with van der Waals surface area (Å²) in [7, 11) is 0. The molecule has 27 heavy (non-hydrogen) atoms. The van der Waals surface area contributed by atoms with E-state index in [0.29, 0.717) is 23.7 Å². The van der Waals surface area contributed by atoms with Gasteiger partial charge in [-0.1, -0.05) is 37.3 Å². The molecule has 1 atom stereocenters. The van der Waals surface area contributed by atoms with E-state index in [0.717, 1.165) is 18.4 Å². The molecule has 0 saturated carbocycles. The van der Waals surface area contributed by atoms with Crippen LogP contribution in [0, 0.1) is 0 Å². The number of benzene rings is 2. The highest BCUT2D eigenvalue weighted by molar-refractivity contribution is 5.95. The van der Waals surface area contributed by atoms with Crippen molar-refractivity contribution in [3.63, 3.8) is 0 Å². The van der Waals surface area contributed by atoms with Crippen molar-refractivity contribution in [1.29, 1.82) is 0 Å². The van der Waals surface area contributed by atoms with Crippen molar-refractivity contribution in [3.8, 4) is 11.5 Å². The molecule has 0 aliphatic heterocycles. The number of rotatable bonds is 10. The molecule has 0 radical (unpaired) electrons. The second kappa shape index (κ2) is 10.2. The zero-order valence-corrected chi connectivity index (χ0v) is 15.6. The van der Waals surface area contributed by atoms with Gasteiger partial charge in [-0.2, -0.15) is 0 Å². The van der Waals surface area contributed by atoms with E-state index in [2.05, 4.69) is 5.32 Å². The van der Waals surface area contributed by atoms with Gasteiger partial charge in [0, 0.05) is 11.6 Å². The number of carboxylic acids is 1. The van der Waals surface area contributed by atoms with Crippen LogP contribution >= 0.6 is 0 Å². The Kier molecular flexibility index (Phi) is 7.67. The summed E-state index contributed by atoms with van der Waals surface area (Å²) in [5, 5.41) is 11.8. The first-order valence-corrected chi connectivity index (χ1v) is 8.99. The van der Waals surface area contributed by atoms with Crippen LogP contribution < -0.4 is 14.8 Å². The molecule has 0 aliphatic rings. The van der Waals surface area contributed by atoms with Gasteiger partial charge >= 0.3 is 5.97 Å². The van der Waals surface area contributed by atoms with Gasteiger partial charge in [0.1, 0.15) is 0 Å². The van der Waals surface area contributed by atoms with Gasteiger partial charge in [-0.25, -0.2) is 4.79 Å². The standard InChI is InChI=1S/C21H25NO5/c1-3-17(12-15-8-6-5-7-9-15)22-21(25)16-10-11-18(27-14-20(23)24)19(13-16)26-4-2/h5-11,13,17H,3-4,12,14H2,1-2H3,(H,22,25)(H,23,24). The summed E-state index contributed by atoms with van der Waals surface area (Å²) in [5.74, 6) is -0.635. The Morgan fingerprint density at radius 3 is 2.41 bits per heavy atom. The van der Waals surface area contributed by atoms with Gasteiger partial charge in [-0.15, -0.1) is 0 Å². The highest BCUT2D eigenvalue weighted by Gasteiger charge is 2.16. The van der Waals surface area contributed by atoms with Crippen molar-refractivity contribution in [2.75, 3.05) is 13.2 Å². The van der Waals surface area contributed by atoms with Crippen molar-refractivity contribution in [1.82, 2.24) is 5.32 Å².